The summed E-state index contributed by atoms with van der Waals surface area (Å²) in [6.45, 7) is 2.33. The van der Waals surface area contributed by atoms with Crippen LogP contribution in [0.4, 0.5) is 0 Å². The number of nitrogens with zero attached hydrogens (tertiary/aromatic N) is 2. The number of aromatic nitrogens is 2. The summed E-state index contributed by atoms with van der Waals surface area (Å²) in [6.07, 6.45) is 8.71. The van der Waals surface area contributed by atoms with Crippen LogP contribution in [0.1, 0.15) is 31.7 Å². The molecule has 0 aromatic carbocycles. The predicted molar refractivity (Wildman–Crippen MR) is 72.7 cm³/mol. The average Bonchev–Trinajstić information content (AvgIpc) is 2.89. The third-order valence-electron chi connectivity index (χ3n) is 3.67. The van der Waals surface area contributed by atoms with Gasteiger partial charge in [0.05, 0.1) is 6.20 Å². The Morgan fingerprint density at radius 3 is 3.06 bits per heavy atom. The van der Waals surface area contributed by atoms with Gasteiger partial charge in [0.25, 0.3) is 0 Å². The molecule has 4 nitrogen and oxygen atoms in total. The second kappa shape index (κ2) is 5.42. The van der Waals surface area contributed by atoms with Crippen molar-refractivity contribution in [2.24, 2.45) is 12.9 Å². The monoisotopic (exact) mass is 254 g/mol. The molecule has 1 aliphatic heterocycles. The molecule has 3 N–H and O–H groups in total. The van der Waals surface area contributed by atoms with Crippen molar-refractivity contribution >= 4 is 11.8 Å². The third-order valence-corrected chi connectivity index (χ3v) is 5.31. The van der Waals surface area contributed by atoms with Crippen LogP contribution in [-0.2, 0) is 13.5 Å². The molecule has 17 heavy (non-hydrogen) atoms. The summed E-state index contributed by atoms with van der Waals surface area (Å²) in [4.78, 5) is 0. The molecule has 96 valence electrons. The van der Waals surface area contributed by atoms with Crippen molar-refractivity contribution in [3.63, 3.8) is 0 Å². The highest BCUT2D eigenvalue weighted by Gasteiger charge is 2.36. The summed E-state index contributed by atoms with van der Waals surface area (Å²) >= 11 is 2.05. The summed E-state index contributed by atoms with van der Waals surface area (Å²) in [5.41, 5.74) is 4.30. The molecule has 0 amide bonds. The Labute approximate surface area is 107 Å². The lowest BCUT2D eigenvalue weighted by Gasteiger charge is -2.32. The number of nitrogens with one attached hydrogen (secondary N) is 1. The molecule has 0 spiro atoms. The SMILES string of the molecule is Cn1cc(CCC(NN)C2(C)CCCS2)cn1. The van der Waals surface area contributed by atoms with Crippen molar-refractivity contribution in [3.05, 3.63) is 18.0 Å². The number of thioether (sulfide) groups is 1. The number of nitrogens with two attached hydrogens (primary N) is 1. The lowest BCUT2D eigenvalue weighted by molar-refractivity contribution is 0.387. The van der Waals surface area contributed by atoms with Gasteiger partial charge in [-0.3, -0.25) is 16.0 Å². The zero-order valence-corrected chi connectivity index (χ0v) is 11.5. The van der Waals surface area contributed by atoms with E-state index in [0.717, 1.165) is 12.8 Å². The molecule has 0 radical (unpaired) electrons. The summed E-state index contributed by atoms with van der Waals surface area (Å²) in [6, 6.07) is 0.384. The van der Waals surface area contributed by atoms with Crippen LogP contribution >= 0.6 is 11.8 Å². The minimum Gasteiger partial charge on any atom is -0.276 e. The lowest BCUT2D eigenvalue weighted by Crippen LogP contribution is -2.48. The van der Waals surface area contributed by atoms with Gasteiger partial charge in [0.2, 0.25) is 0 Å². The zero-order chi connectivity index (χ0) is 12.3. The van der Waals surface area contributed by atoms with Crippen LogP contribution in [0.5, 0.6) is 0 Å². The molecule has 0 aliphatic carbocycles. The molecule has 2 rings (SSSR count). The Hall–Kier alpha value is -0.520. The summed E-state index contributed by atoms with van der Waals surface area (Å²) in [5, 5.41) is 4.20. The van der Waals surface area contributed by atoms with Crippen molar-refractivity contribution < 1.29 is 0 Å². The normalized spacial score (nSPS) is 26.3. The molecule has 1 fully saturated rings. The molecule has 2 unspecified atom stereocenters. The molecular formula is C12H22N4S. The van der Waals surface area contributed by atoms with E-state index in [1.54, 1.807) is 0 Å². The summed E-state index contributed by atoms with van der Waals surface area (Å²) in [7, 11) is 1.95. The largest absolute Gasteiger partial charge is 0.276 e. The van der Waals surface area contributed by atoms with E-state index < -0.39 is 0 Å². The minimum atomic E-state index is 0.303. The minimum absolute atomic E-state index is 0.303. The third kappa shape index (κ3) is 3.03. The fourth-order valence-corrected chi connectivity index (χ4v) is 3.98. The van der Waals surface area contributed by atoms with Gasteiger partial charge in [-0.15, -0.1) is 0 Å². The Kier molecular flexibility index (Phi) is 4.12. The van der Waals surface area contributed by atoms with Gasteiger partial charge >= 0.3 is 0 Å². The van der Waals surface area contributed by atoms with Crippen molar-refractivity contribution in [2.45, 2.75) is 43.4 Å². The van der Waals surface area contributed by atoms with Gasteiger partial charge < -0.3 is 0 Å². The van der Waals surface area contributed by atoms with E-state index in [4.69, 9.17) is 5.84 Å². The van der Waals surface area contributed by atoms with Crippen LogP contribution in [0.25, 0.3) is 0 Å². The van der Waals surface area contributed by atoms with Gasteiger partial charge in [-0.2, -0.15) is 16.9 Å². The lowest BCUT2D eigenvalue weighted by atomic mass is 9.92. The number of hydrogen-bond donors (Lipinski definition) is 2. The smallest absolute Gasteiger partial charge is 0.0521 e. The van der Waals surface area contributed by atoms with E-state index in [-0.39, 0.29) is 0 Å². The number of hydrogen-bond acceptors (Lipinski definition) is 4. The van der Waals surface area contributed by atoms with Gasteiger partial charge in [0.15, 0.2) is 0 Å². The molecule has 5 heteroatoms. The maximum atomic E-state index is 5.72. The Morgan fingerprint density at radius 2 is 2.53 bits per heavy atom. The van der Waals surface area contributed by atoms with Gasteiger partial charge in [-0.05, 0) is 43.9 Å². The first-order valence-corrected chi connectivity index (χ1v) is 7.20. The molecule has 1 aromatic heterocycles. The molecule has 0 saturated carbocycles. The van der Waals surface area contributed by atoms with E-state index in [2.05, 4.69) is 35.4 Å². The van der Waals surface area contributed by atoms with Gasteiger partial charge in [0.1, 0.15) is 0 Å². The fraction of sp³-hybridized carbons (Fsp3) is 0.750. The number of rotatable bonds is 5. The first-order chi connectivity index (χ1) is 8.14. The second-order valence-corrected chi connectivity index (χ2v) is 6.67. The van der Waals surface area contributed by atoms with Crippen LogP contribution in [0.3, 0.4) is 0 Å². The van der Waals surface area contributed by atoms with Gasteiger partial charge in [-0.1, -0.05) is 0 Å². The summed E-state index contributed by atoms with van der Waals surface area (Å²) in [5.74, 6) is 6.99. The van der Waals surface area contributed by atoms with Gasteiger partial charge in [-0.25, -0.2) is 0 Å². The Bertz CT molecular complexity index is 357. The summed E-state index contributed by atoms with van der Waals surface area (Å²) < 4.78 is 2.16. The highest BCUT2D eigenvalue weighted by molar-refractivity contribution is 8.00. The van der Waals surface area contributed by atoms with Crippen LogP contribution in [0.2, 0.25) is 0 Å². The zero-order valence-electron chi connectivity index (χ0n) is 10.6. The second-order valence-electron chi connectivity index (χ2n) is 5.04. The van der Waals surface area contributed by atoms with Crippen molar-refractivity contribution in [3.8, 4) is 0 Å². The molecule has 2 heterocycles. The Morgan fingerprint density at radius 1 is 1.71 bits per heavy atom. The highest BCUT2D eigenvalue weighted by Crippen LogP contribution is 2.41. The molecule has 0 bridgehead atoms. The molecular weight excluding hydrogens is 232 g/mol. The van der Waals surface area contributed by atoms with Crippen molar-refractivity contribution in [1.82, 2.24) is 15.2 Å². The van der Waals surface area contributed by atoms with Crippen LogP contribution in [0.15, 0.2) is 12.4 Å². The first-order valence-electron chi connectivity index (χ1n) is 6.22. The maximum Gasteiger partial charge on any atom is 0.0521 e. The van der Waals surface area contributed by atoms with Crippen LogP contribution < -0.4 is 11.3 Å². The van der Waals surface area contributed by atoms with Crippen molar-refractivity contribution in [1.29, 1.82) is 0 Å². The maximum absolute atomic E-state index is 5.72. The molecule has 1 aliphatic rings. The van der Waals surface area contributed by atoms with E-state index in [0.29, 0.717) is 10.8 Å². The molecule has 1 aromatic rings. The topological polar surface area (TPSA) is 55.9 Å². The van der Waals surface area contributed by atoms with E-state index in [1.165, 1.54) is 24.2 Å². The van der Waals surface area contributed by atoms with E-state index in [9.17, 15) is 0 Å². The van der Waals surface area contributed by atoms with E-state index in [1.807, 2.05) is 17.9 Å². The molecule has 2 atom stereocenters. The first kappa shape index (κ1) is 12.9. The van der Waals surface area contributed by atoms with Crippen LogP contribution in [-0.4, -0.2) is 26.3 Å². The number of hydrazine groups is 1. The molecule has 1 saturated heterocycles. The highest BCUT2D eigenvalue weighted by atomic mass is 32.2. The van der Waals surface area contributed by atoms with E-state index >= 15 is 0 Å². The number of aryl methyl sites for hydroxylation is 2. The Balaban J connectivity index is 1.91. The average molecular weight is 254 g/mol. The fourth-order valence-electron chi connectivity index (χ4n) is 2.55. The van der Waals surface area contributed by atoms with Gasteiger partial charge in [0, 0.05) is 24.0 Å². The van der Waals surface area contributed by atoms with Crippen LogP contribution in [0, 0.1) is 0 Å². The van der Waals surface area contributed by atoms with Crippen molar-refractivity contribution in [2.75, 3.05) is 5.75 Å². The predicted octanol–water partition coefficient (Wildman–Crippen LogP) is 1.47. The standard InChI is InChI=1S/C12H22N4S/c1-12(6-3-7-17-12)11(15-13)5-4-10-8-14-16(2)9-10/h8-9,11,15H,3-7,13H2,1-2H3. The quantitative estimate of drug-likeness (QED) is 0.617.